The third kappa shape index (κ3) is 3.85. The first kappa shape index (κ1) is 27.0. The topological polar surface area (TPSA) is 0 Å². The van der Waals surface area contributed by atoms with Crippen LogP contribution in [-0.4, -0.2) is 0 Å². The summed E-state index contributed by atoms with van der Waals surface area (Å²) in [5.74, 6) is 0. The molecule has 10 aromatic carbocycles. The van der Waals surface area contributed by atoms with E-state index in [2.05, 4.69) is 170 Å². The zero-order valence-corrected chi connectivity index (χ0v) is 27.4. The van der Waals surface area contributed by atoms with Gasteiger partial charge in [0, 0.05) is 25.6 Å². The van der Waals surface area contributed by atoms with Crippen molar-refractivity contribution in [2.75, 3.05) is 0 Å². The molecule has 0 radical (unpaired) electrons. The largest absolute Gasteiger partial charge is 0.135 e. The Hall–Kier alpha value is -6.02. The van der Waals surface area contributed by atoms with Gasteiger partial charge >= 0.3 is 0 Å². The molecule has 0 aliphatic carbocycles. The highest BCUT2D eigenvalue weighted by molar-refractivity contribution is 7.26. The van der Waals surface area contributed by atoms with E-state index >= 15 is 0 Å². The fourth-order valence-corrected chi connectivity index (χ4v) is 9.73. The van der Waals surface area contributed by atoms with E-state index in [0.717, 1.165) is 0 Å². The predicted octanol–water partition coefficient (Wildman–Crippen LogP) is 14.3. The van der Waals surface area contributed by atoms with Crippen LogP contribution in [0.3, 0.4) is 0 Å². The van der Waals surface area contributed by atoms with Crippen molar-refractivity contribution >= 4 is 96.1 Å². The molecule has 11 rings (SSSR count). The average Bonchev–Trinajstić information content (AvgIpc) is 3.55. The molecule has 49 heavy (non-hydrogen) atoms. The molecule has 0 saturated carbocycles. The van der Waals surface area contributed by atoms with Gasteiger partial charge in [-0.2, -0.15) is 0 Å². The minimum absolute atomic E-state index is 1.25. The molecule has 226 valence electrons. The summed E-state index contributed by atoms with van der Waals surface area (Å²) < 4.78 is 2.72. The first-order valence-electron chi connectivity index (χ1n) is 16.9. The molecule has 0 spiro atoms. The van der Waals surface area contributed by atoms with Gasteiger partial charge in [-0.3, -0.25) is 0 Å². The second kappa shape index (κ2) is 10.2. The second-order valence-electron chi connectivity index (χ2n) is 13.2. The minimum Gasteiger partial charge on any atom is -0.135 e. The van der Waals surface area contributed by atoms with E-state index in [1.165, 1.54) is 107 Å². The highest BCUT2D eigenvalue weighted by Crippen LogP contribution is 2.47. The van der Waals surface area contributed by atoms with Crippen molar-refractivity contribution in [1.29, 1.82) is 0 Å². The molecule has 0 atom stereocenters. The fourth-order valence-electron chi connectivity index (χ4n) is 8.47. The van der Waals surface area contributed by atoms with Gasteiger partial charge in [0.2, 0.25) is 0 Å². The Morgan fingerprint density at radius 2 is 0.755 bits per heavy atom. The summed E-state index contributed by atoms with van der Waals surface area (Å²) in [6.45, 7) is 0. The van der Waals surface area contributed by atoms with Crippen LogP contribution in [0.4, 0.5) is 0 Å². The van der Waals surface area contributed by atoms with Gasteiger partial charge in [-0.1, -0.05) is 152 Å². The van der Waals surface area contributed by atoms with E-state index in [0.29, 0.717) is 0 Å². The summed E-state index contributed by atoms with van der Waals surface area (Å²) in [5, 5.41) is 18.2. The Morgan fingerprint density at radius 1 is 0.286 bits per heavy atom. The van der Waals surface area contributed by atoms with Gasteiger partial charge in [-0.15, -0.1) is 11.3 Å². The standard InChI is InChI=1S/C48H28S/c1-2-12-30-27-31(22-21-29(30)11-1)45-37-16-5-7-18-39(37)46(40-19-8-6-17-38(40)45)32-23-24-34-41-25-26-42-35-14-9-10-20-44(35)49-48(42)47(41)36-15-4-3-13-33(36)43(34)28-32/h1-28H. The maximum absolute atomic E-state index is 2.45. The van der Waals surface area contributed by atoms with Crippen molar-refractivity contribution in [3.8, 4) is 22.3 Å². The molecule has 1 heterocycles. The SMILES string of the molecule is c1ccc2cc(-c3c4ccccc4c(-c4ccc5c(c4)c4ccccc4c4c5ccc5c6ccccc6sc54)c4ccccc34)ccc2c1. The quantitative estimate of drug-likeness (QED) is 0.131. The van der Waals surface area contributed by atoms with Gasteiger partial charge in [-0.05, 0) is 99.7 Å². The Kier molecular flexibility index (Phi) is 5.64. The van der Waals surface area contributed by atoms with Crippen molar-refractivity contribution < 1.29 is 0 Å². The average molecular weight is 637 g/mol. The van der Waals surface area contributed by atoms with Crippen LogP contribution >= 0.6 is 11.3 Å². The number of hydrogen-bond donors (Lipinski definition) is 0. The summed E-state index contributed by atoms with van der Waals surface area (Å²) in [4.78, 5) is 0. The lowest BCUT2D eigenvalue weighted by molar-refractivity contribution is 1.68. The summed E-state index contributed by atoms with van der Waals surface area (Å²) in [6, 6.07) is 63.2. The lowest BCUT2D eigenvalue weighted by Crippen LogP contribution is -1.91. The Bertz CT molecular complexity index is 3080. The predicted molar refractivity (Wildman–Crippen MR) is 215 cm³/mol. The monoisotopic (exact) mass is 636 g/mol. The molecular weight excluding hydrogens is 609 g/mol. The van der Waals surface area contributed by atoms with Gasteiger partial charge in [0.1, 0.15) is 0 Å². The molecule has 11 aromatic rings. The highest BCUT2D eigenvalue weighted by atomic mass is 32.1. The van der Waals surface area contributed by atoms with Gasteiger partial charge in [0.05, 0.1) is 0 Å². The summed E-state index contributed by atoms with van der Waals surface area (Å²) in [5.41, 5.74) is 5.09. The molecule has 0 nitrogen and oxygen atoms in total. The van der Waals surface area contributed by atoms with Crippen LogP contribution in [0.1, 0.15) is 0 Å². The van der Waals surface area contributed by atoms with E-state index in [1.54, 1.807) is 0 Å². The number of thiophene rings is 1. The molecule has 0 unspecified atom stereocenters. The van der Waals surface area contributed by atoms with E-state index < -0.39 is 0 Å². The Balaban J connectivity index is 1.23. The van der Waals surface area contributed by atoms with Crippen molar-refractivity contribution in [3.63, 3.8) is 0 Å². The number of benzene rings is 10. The zero-order valence-electron chi connectivity index (χ0n) is 26.6. The van der Waals surface area contributed by atoms with Gasteiger partial charge in [0.15, 0.2) is 0 Å². The number of hydrogen-bond acceptors (Lipinski definition) is 1. The van der Waals surface area contributed by atoms with Crippen LogP contribution in [0.5, 0.6) is 0 Å². The third-order valence-electron chi connectivity index (χ3n) is 10.6. The Morgan fingerprint density at radius 3 is 1.47 bits per heavy atom. The number of rotatable bonds is 2. The number of fused-ring (bicyclic) bond motifs is 13. The fraction of sp³-hybridized carbons (Fsp3) is 0. The molecule has 0 amide bonds. The van der Waals surface area contributed by atoms with Crippen LogP contribution in [0.15, 0.2) is 170 Å². The zero-order chi connectivity index (χ0) is 32.1. The first-order chi connectivity index (χ1) is 24.3. The van der Waals surface area contributed by atoms with Crippen LogP contribution in [-0.2, 0) is 0 Å². The normalized spacial score (nSPS) is 12.1. The maximum atomic E-state index is 2.45. The van der Waals surface area contributed by atoms with Crippen LogP contribution in [0.2, 0.25) is 0 Å². The molecular formula is C48H28S. The molecule has 0 aliphatic rings. The van der Waals surface area contributed by atoms with Gasteiger partial charge in [-0.25, -0.2) is 0 Å². The summed E-state index contributed by atoms with van der Waals surface area (Å²) >= 11 is 1.92. The third-order valence-corrected chi connectivity index (χ3v) is 11.8. The molecule has 0 bridgehead atoms. The van der Waals surface area contributed by atoms with Gasteiger partial charge < -0.3 is 0 Å². The smallest absolute Gasteiger partial charge is 0.0440 e. The van der Waals surface area contributed by atoms with Crippen molar-refractivity contribution in [2.24, 2.45) is 0 Å². The first-order valence-corrected chi connectivity index (χ1v) is 17.7. The van der Waals surface area contributed by atoms with Crippen molar-refractivity contribution in [1.82, 2.24) is 0 Å². The molecule has 1 aromatic heterocycles. The highest BCUT2D eigenvalue weighted by Gasteiger charge is 2.19. The van der Waals surface area contributed by atoms with E-state index in [4.69, 9.17) is 0 Å². The Labute approximate surface area is 287 Å². The van der Waals surface area contributed by atoms with Crippen molar-refractivity contribution in [3.05, 3.63) is 170 Å². The second-order valence-corrected chi connectivity index (χ2v) is 14.2. The lowest BCUT2D eigenvalue weighted by atomic mass is 9.84. The summed E-state index contributed by atoms with van der Waals surface area (Å²) in [7, 11) is 0. The van der Waals surface area contributed by atoms with Crippen molar-refractivity contribution in [2.45, 2.75) is 0 Å². The summed E-state index contributed by atoms with van der Waals surface area (Å²) in [6.07, 6.45) is 0. The van der Waals surface area contributed by atoms with Crippen LogP contribution < -0.4 is 0 Å². The van der Waals surface area contributed by atoms with Crippen LogP contribution in [0, 0.1) is 0 Å². The van der Waals surface area contributed by atoms with Crippen LogP contribution in [0.25, 0.3) is 107 Å². The van der Waals surface area contributed by atoms with E-state index in [9.17, 15) is 0 Å². The minimum atomic E-state index is 1.25. The molecule has 0 fully saturated rings. The van der Waals surface area contributed by atoms with Gasteiger partial charge in [0.25, 0.3) is 0 Å². The molecule has 0 aliphatic heterocycles. The molecule has 0 saturated heterocycles. The molecule has 0 N–H and O–H groups in total. The van der Waals surface area contributed by atoms with E-state index in [-0.39, 0.29) is 0 Å². The van der Waals surface area contributed by atoms with E-state index in [1.807, 2.05) is 11.3 Å². The maximum Gasteiger partial charge on any atom is 0.0440 e. The molecule has 1 heteroatoms. The lowest BCUT2D eigenvalue weighted by Gasteiger charge is -2.19.